The Balaban J connectivity index is 2.39. The molecule has 1 fully saturated rings. The molecule has 0 aliphatic heterocycles. The second-order valence-corrected chi connectivity index (χ2v) is 6.69. The van der Waals surface area contributed by atoms with Gasteiger partial charge in [-0.25, -0.2) is 0 Å². The third-order valence-corrected chi connectivity index (χ3v) is 4.45. The first-order valence-electron chi connectivity index (χ1n) is 6.10. The highest BCUT2D eigenvalue weighted by Crippen LogP contribution is 2.35. The molecule has 1 nitrogen and oxygen atoms in total. The van der Waals surface area contributed by atoms with E-state index in [-0.39, 0.29) is 0 Å². The molecule has 1 aliphatic rings. The van der Waals surface area contributed by atoms with Crippen molar-refractivity contribution in [2.75, 3.05) is 6.61 Å². The van der Waals surface area contributed by atoms with E-state index in [2.05, 4.69) is 20.8 Å². The minimum Gasteiger partial charge on any atom is -0.378 e. The van der Waals surface area contributed by atoms with Gasteiger partial charge in [0.1, 0.15) is 0 Å². The van der Waals surface area contributed by atoms with Crippen LogP contribution in [-0.2, 0) is 4.74 Å². The zero-order chi connectivity index (χ0) is 11.3. The maximum absolute atomic E-state index is 5.99. The fourth-order valence-electron chi connectivity index (χ4n) is 2.56. The van der Waals surface area contributed by atoms with E-state index < -0.39 is 0 Å². The van der Waals surface area contributed by atoms with E-state index in [9.17, 15) is 0 Å². The molecule has 0 N–H and O–H groups in total. The SMILES string of the molecule is CC1CCC(C(C)C)C(OCC[Si]Cl)C1. The average Bonchev–Trinajstić information content (AvgIpc) is 2.18. The first-order valence-corrected chi connectivity index (χ1v) is 8.32. The van der Waals surface area contributed by atoms with Gasteiger partial charge in [0.15, 0.2) is 8.83 Å². The first kappa shape index (κ1) is 13.5. The molecule has 3 atom stereocenters. The maximum Gasteiger partial charge on any atom is 0.174 e. The molecular weight excluding hydrogens is 224 g/mol. The predicted octanol–water partition coefficient (Wildman–Crippen LogP) is 3.74. The molecule has 3 unspecified atom stereocenters. The molecule has 0 bridgehead atoms. The normalized spacial score (nSPS) is 32.2. The van der Waals surface area contributed by atoms with Gasteiger partial charge in [0, 0.05) is 6.61 Å². The third kappa shape index (κ3) is 4.45. The molecule has 0 saturated heterocycles. The summed E-state index contributed by atoms with van der Waals surface area (Å²) < 4.78 is 5.99. The number of rotatable bonds is 5. The summed E-state index contributed by atoms with van der Waals surface area (Å²) in [7, 11) is 0.507. The van der Waals surface area contributed by atoms with E-state index >= 15 is 0 Å². The van der Waals surface area contributed by atoms with E-state index in [0.717, 1.165) is 30.4 Å². The zero-order valence-electron chi connectivity index (χ0n) is 10.1. The maximum atomic E-state index is 5.99. The van der Waals surface area contributed by atoms with Crippen LogP contribution in [0.5, 0.6) is 0 Å². The zero-order valence-corrected chi connectivity index (χ0v) is 11.9. The van der Waals surface area contributed by atoms with Gasteiger partial charge in [-0.2, -0.15) is 11.1 Å². The molecule has 0 aromatic rings. The Morgan fingerprint density at radius 2 is 2.13 bits per heavy atom. The lowest BCUT2D eigenvalue weighted by molar-refractivity contribution is -0.0326. The van der Waals surface area contributed by atoms with E-state index in [0.29, 0.717) is 14.9 Å². The summed E-state index contributed by atoms with van der Waals surface area (Å²) >= 11 is 5.69. The number of halogens is 1. The fraction of sp³-hybridized carbons (Fsp3) is 1.00. The van der Waals surface area contributed by atoms with E-state index in [1.807, 2.05) is 0 Å². The van der Waals surface area contributed by atoms with Gasteiger partial charge in [-0.15, -0.1) is 0 Å². The summed E-state index contributed by atoms with van der Waals surface area (Å²) in [4.78, 5) is 0. The standard InChI is InChI=1S/C12H23ClOSi/c1-9(2)11-5-4-10(3)8-12(11)14-6-7-15-13/h9-12H,4-8H2,1-3H3. The van der Waals surface area contributed by atoms with Crippen LogP contribution in [0.25, 0.3) is 0 Å². The predicted molar refractivity (Wildman–Crippen MR) is 67.5 cm³/mol. The molecular formula is C12H23ClOSi. The van der Waals surface area contributed by atoms with Crippen LogP contribution in [0.4, 0.5) is 0 Å². The van der Waals surface area contributed by atoms with Crippen molar-refractivity contribution in [3.8, 4) is 0 Å². The van der Waals surface area contributed by atoms with Crippen LogP contribution in [0.3, 0.4) is 0 Å². The molecule has 1 saturated carbocycles. The largest absolute Gasteiger partial charge is 0.378 e. The van der Waals surface area contributed by atoms with Crippen LogP contribution in [-0.4, -0.2) is 21.5 Å². The van der Waals surface area contributed by atoms with Gasteiger partial charge in [0.25, 0.3) is 0 Å². The molecule has 2 radical (unpaired) electrons. The van der Waals surface area contributed by atoms with Crippen molar-refractivity contribution in [3.63, 3.8) is 0 Å². The van der Waals surface area contributed by atoms with E-state index in [1.165, 1.54) is 19.3 Å². The smallest absolute Gasteiger partial charge is 0.174 e. The minimum atomic E-state index is 0.488. The van der Waals surface area contributed by atoms with Crippen molar-refractivity contribution >= 4 is 19.9 Å². The van der Waals surface area contributed by atoms with Gasteiger partial charge in [-0.05, 0) is 36.6 Å². The first-order chi connectivity index (χ1) is 7.15. The highest BCUT2D eigenvalue weighted by Gasteiger charge is 2.30. The van der Waals surface area contributed by atoms with Crippen molar-refractivity contribution in [2.24, 2.45) is 17.8 Å². The Hall–Kier alpha value is 0.467. The van der Waals surface area contributed by atoms with Crippen LogP contribution in [0.1, 0.15) is 40.0 Å². The van der Waals surface area contributed by atoms with E-state index in [4.69, 9.17) is 15.8 Å². The van der Waals surface area contributed by atoms with Crippen LogP contribution < -0.4 is 0 Å². The van der Waals surface area contributed by atoms with Crippen molar-refractivity contribution in [3.05, 3.63) is 0 Å². The molecule has 3 heteroatoms. The summed E-state index contributed by atoms with van der Waals surface area (Å²) in [6.45, 7) is 7.83. The van der Waals surface area contributed by atoms with Gasteiger partial charge >= 0.3 is 0 Å². The fourth-order valence-corrected chi connectivity index (χ4v) is 2.98. The van der Waals surface area contributed by atoms with Crippen LogP contribution in [0.2, 0.25) is 6.04 Å². The van der Waals surface area contributed by atoms with Crippen molar-refractivity contribution < 1.29 is 4.74 Å². The summed E-state index contributed by atoms with van der Waals surface area (Å²) in [5, 5.41) is 0. The monoisotopic (exact) mass is 246 g/mol. The highest BCUT2D eigenvalue weighted by molar-refractivity contribution is 6.93. The lowest BCUT2D eigenvalue weighted by Gasteiger charge is -2.37. The molecule has 0 aromatic heterocycles. The minimum absolute atomic E-state index is 0.488. The topological polar surface area (TPSA) is 9.23 Å². The second-order valence-electron chi connectivity index (χ2n) is 5.12. The van der Waals surface area contributed by atoms with Crippen molar-refractivity contribution in [1.82, 2.24) is 0 Å². The summed E-state index contributed by atoms with van der Waals surface area (Å²) in [6, 6.07) is 1.01. The summed E-state index contributed by atoms with van der Waals surface area (Å²) in [6.07, 6.45) is 4.45. The molecule has 1 aliphatic carbocycles. The number of hydrogen-bond acceptors (Lipinski definition) is 1. The molecule has 0 aromatic carbocycles. The van der Waals surface area contributed by atoms with Gasteiger partial charge in [-0.1, -0.05) is 27.2 Å². The number of ether oxygens (including phenoxy) is 1. The summed E-state index contributed by atoms with van der Waals surface area (Å²) in [5.74, 6) is 2.35. The van der Waals surface area contributed by atoms with Crippen LogP contribution in [0.15, 0.2) is 0 Å². The molecule has 0 spiro atoms. The van der Waals surface area contributed by atoms with Gasteiger partial charge in [0.2, 0.25) is 0 Å². The quantitative estimate of drug-likeness (QED) is 0.408. The lowest BCUT2D eigenvalue weighted by Crippen LogP contribution is -2.34. The Bertz CT molecular complexity index is 175. The second kappa shape index (κ2) is 6.92. The molecule has 0 amide bonds. The van der Waals surface area contributed by atoms with Gasteiger partial charge in [-0.3, -0.25) is 0 Å². The lowest BCUT2D eigenvalue weighted by atomic mass is 9.75. The van der Waals surface area contributed by atoms with E-state index in [1.54, 1.807) is 0 Å². The van der Waals surface area contributed by atoms with Crippen LogP contribution >= 0.6 is 11.1 Å². The molecule has 15 heavy (non-hydrogen) atoms. The van der Waals surface area contributed by atoms with Crippen molar-refractivity contribution in [1.29, 1.82) is 0 Å². The Kier molecular flexibility index (Phi) is 6.25. The molecule has 88 valence electrons. The molecule has 0 heterocycles. The van der Waals surface area contributed by atoms with Gasteiger partial charge < -0.3 is 4.74 Å². The Morgan fingerprint density at radius 1 is 1.40 bits per heavy atom. The summed E-state index contributed by atoms with van der Waals surface area (Å²) in [5.41, 5.74) is 0. The number of hydrogen-bond donors (Lipinski definition) is 0. The molecule has 1 rings (SSSR count). The average molecular weight is 247 g/mol. The third-order valence-electron chi connectivity index (χ3n) is 3.49. The Labute approximate surface area is 101 Å². The highest BCUT2D eigenvalue weighted by atomic mass is 35.6. The van der Waals surface area contributed by atoms with Crippen molar-refractivity contribution in [2.45, 2.75) is 52.2 Å². The van der Waals surface area contributed by atoms with Gasteiger partial charge in [0.05, 0.1) is 6.10 Å². The Morgan fingerprint density at radius 3 is 2.73 bits per heavy atom. The van der Waals surface area contributed by atoms with Crippen LogP contribution in [0, 0.1) is 17.8 Å².